The lowest BCUT2D eigenvalue weighted by atomic mass is 10.2. The second-order valence-electron chi connectivity index (χ2n) is 4.64. The number of nitrogens with zero attached hydrogens (tertiary/aromatic N) is 1. The summed E-state index contributed by atoms with van der Waals surface area (Å²) in [6.45, 7) is 4.05. The van der Waals surface area contributed by atoms with Gasteiger partial charge < -0.3 is 9.47 Å². The van der Waals surface area contributed by atoms with E-state index in [1.807, 2.05) is 19.1 Å². The number of halogens is 1. The van der Waals surface area contributed by atoms with Crippen molar-refractivity contribution in [3.8, 4) is 0 Å². The molecule has 0 aliphatic heterocycles. The molecule has 0 bridgehead atoms. The molecule has 2 aromatic rings. The highest BCUT2D eigenvalue weighted by Crippen LogP contribution is 2.31. The fourth-order valence-corrected chi connectivity index (χ4v) is 3.18. The van der Waals surface area contributed by atoms with E-state index in [1.54, 1.807) is 26.0 Å². The van der Waals surface area contributed by atoms with E-state index in [9.17, 15) is 0 Å². The van der Waals surface area contributed by atoms with Crippen molar-refractivity contribution in [3.05, 3.63) is 51.6 Å². The second kappa shape index (κ2) is 7.40. The summed E-state index contributed by atoms with van der Waals surface area (Å²) in [6.07, 6.45) is -0.369. The van der Waals surface area contributed by atoms with Crippen molar-refractivity contribution in [1.82, 2.24) is 4.98 Å². The van der Waals surface area contributed by atoms with Crippen LogP contribution in [-0.4, -0.2) is 19.2 Å². The number of ether oxygens (including phenoxy) is 2. The van der Waals surface area contributed by atoms with Crippen LogP contribution in [0.4, 0.5) is 0 Å². The van der Waals surface area contributed by atoms with Gasteiger partial charge in [0.05, 0.1) is 0 Å². The van der Waals surface area contributed by atoms with E-state index in [4.69, 9.17) is 9.47 Å². The average Bonchev–Trinajstić information content (AvgIpc) is 2.46. The molecule has 0 saturated heterocycles. The molecule has 0 N–H and O–H groups in total. The first kappa shape index (κ1) is 16.5. The number of pyridine rings is 1. The molecule has 0 aliphatic carbocycles. The van der Waals surface area contributed by atoms with Crippen LogP contribution in [0.2, 0.25) is 0 Å². The molecule has 0 unspecified atom stereocenters. The molecule has 1 aromatic carbocycles. The Morgan fingerprint density at radius 2 is 1.81 bits per heavy atom. The molecule has 1 heterocycles. The fraction of sp³-hybridized carbons (Fsp3) is 0.312. The van der Waals surface area contributed by atoms with Gasteiger partial charge in [0, 0.05) is 34.8 Å². The third kappa shape index (κ3) is 4.07. The van der Waals surface area contributed by atoms with Crippen molar-refractivity contribution in [3.63, 3.8) is 0 Å². The van der Waals surface area contributed by atoms with Gasteiger partial charge in [-0.2, -0.15) is 0 Å². The fourth-order valence-electron chi connectivity index (χ4n) is 2.01. The number of rotatable bonds is 5. The highest BCUT2D eigenvalue weighted by Gasteiger charge is 2.13. The van der Waals surface area contributed by atoms with Gasteiger partial charge in [0.15, 0.2) is 6.29 Å². The van der Waals surface area contributed by atoms with E-state index in [0.717, 1.165) is 20.8 Å². The summed E-state index contributed by atoms with van der Waals surface area (Å²) < 4.78 is 11.7. The van der Waals surface area contributed by atoms with E-state index in [-0.39, 0.29) is 6.29 Å². The Hall–Kier alpha value is -0.880. The molecule has 0 atom stereocenters. The lowest BCUT2D eigenvalue weighted by Gasteiger charge is -2.16. The second-order valence-corrected chi connectivity index (χ2v) is 6.59. The van der Waals surface area contributed by atoms with Crippen molar-refractivity contribution < 1.29 is 9.47 Å². The Morgan fingerprint density at radius 1 is 1.10 bits per heavy atom. The molecule has 0 amide bonds. The highest BCUT2D eigenvalue weighted by atomic mass is 79.9. The van der Waals surface area contributed by atoms with Gasteiger partial charge in [-0.3, -0.25) is 0 Å². The molecule has 21 heavy (non-hydrogen) atoms. The zero-order chi connectivity index (χ0) is 15.4. The maximum atomic E-state index is 5.28. The average molecular weight is 368 g/mol. The van der Waals surface area contributed by atoms with Crippen LogP contribution in [0.3, 0.4) is 0 Å². The third-order valence-corrected chi connectivity index (χ3v) is 4.95. The van der Waals surface area contributed by atoms with Gasteiger partial charge in [0.2, 0.25) is 0 Å². The Labute approximate surface area is 138 Å². The van der Waals surface area contributed by atoms with E-state index in [1.165, 1.54) is 10.5 Å². The number of hydrogen-bond donors (Lipinski definition) is 0. The molecule has 1 aromatic heterocycles. The quantitative estimate of drug-likeness (QED) is 0.703. The topological polar surface area (TPSA) is 31.4 Å². The number of hydrogen-bond acceptors (Lipinski definition) is 4. The Balaban J connectivity index is 2.22. The molecule has 0 spiro atoms. The highest BCUT2D eigenvalue weighted by molar-refractivity contribution is 9.10. The molecule has 3 nitrogen and oxygen atoms in total. The van der Waals surface area contributed by atoms with Crippen LogP contribution < -0.4 is 0 Å². The van der Waals surface area contributed by atoms with Crippen molar-refractivity contribution in [1.29, 1.82) is 0 Å². The van der Waals surface area contributed by atoms with Gasteiger partial charge in [-0.05, 0) is 49.7 Å². The molecular formula is C16H18BrNO2S. The lowest BCUT2D eigenvalue weighted by Crippen LogP contribution is -2.06. The summed E-state index contributed by atoms with van der Waals surface area (Å²) in [5.74, 6) is 0. The standard InChI is InChI=1S/C16H18BrNO2S/c1-10-9-12(5-7-14(10)17)21-15-8-6-13(11(2)18-15)16(19-3)20-4/h5-9,16H,1-4H3. The van der Waals surface area contributed by atoms with Gasteiger partial charge in [-0.15, -0.1) is 0 Å². The Bertz CT molecular complexity index is 630. The number of methoxy groups -OCH3 is 2. The maximum Gasteiger partial charge on any atom is 0.184 e. The largest absolute Gasteiger partial charge is 0.352 e. The van der Waals surface area contributed by atoms with Gasteiger partial charge in [0.25, 0.3) is 0 Å². The van der Waals surface area contributed by atoms with Crippen molar-refractivity contribution in [2.75, 3.05) is 14.2 Å². The van der Waals surface area contributed by atoms with E-state index < -0.39 is 0 Å². The zero-order valence-electron chi connectivity index (χ0n) is 12.5. The van der Waals surface area contributed by atoms with Crippen LogP contribution in [-0.2, 0) is 9.47 Å². The van der Waals surface area contributed by atoms with Crippen LogP contribution in [0, 0.1) is 13.8 Å². The normalized spacial score (nSPS) is 11.1. The Kier molecular flexibility index (Phi) is 5.81. The zero-order valence-corrected chi connectivity index (χ0v) is 14.9. The van der Waals surface area contributed by atoms with Crippen LogP contribution in [0.15, 0.2) is 44.7 Å². The summed E-state index contributed by atoms with van der Waals surface area (Å²) >= 11 is 5.16. The predicted octanol–water partition coefficient (Wildman–Crippen LogP) is 4.90. The number of aromatic nitrogens is 1. The molecule has 0 aliphatic rings. The SMILES string of the molecule is COC(OC)c1ccc(Sc2ccc(Br)c(C)c2)nc1C. The minimum Gasteiger partial charge on any atom is -0.352 e. The minimum absolute atomic E-state index is 0.369. The lowest BCUT2D eigenvalue weighted by molar-refractivity contribution is -0.106. The first-order chi connectivity index (χ1) is 10.0. The summed E-state index contributed by atoms with van der Waals surface area (Å²) in [7, 11) is 3.25. The molecular weight excluding hydrogens is 350 g/mol. The maximum absolute atomic E-state index is 5.28. The molecule has 0 fully saturated rings. The monoisotopic (exact) mass is 367 g/mol. The van der Waals surface area contributed by atoms with Crippen LogP contribution in [0.25, 0.3) is 0 Å². The predicted molar refractivity (Wildman–Crippen MR) is 88.7 cm³/mol. The summed E-state index contributed by atoms with van der Waals surface area (Å²) in [5.41, 5.74) is 3.09. The molecule has 112 valence electrons. The summed E-state index contributed by atoms with van der Waals surface area (Å²) in [5, 5.41) is 0.962. The summed E-state index contributed by atoms with van der Waals surface area (Å²) in [4.78, 5) is 5.80. The van der Waals surface area contributed by atoms with E-state index in [2.05, 4.69) is 46.0 Å². The number of aryl methyl sites for hydroxylation is 2. The number of benzene rings is 1. The van der Waals surface area contributed by atoms with Crippen LogP contribution in [0.1, 0.15) is 23.1 Å². The molecule has 0 radical (unpaired) electrons. The molecule has 0 saturated carbocycles. The Morgan fingerprint density at radius 3 is 2.38 bits per heavy atom. The van der Waals surface area contributed by atoms with Gasteiger partial charge in [-0.25, -0.2) is 4.98 Å². The van der Waals surface area contributed by atoms with E-state index >= 15 is 0 Å². The summed E-state index contributed by atoms with van der Waals surface area (Å²) in [6, 6.07) is 10.3. The van der Waals surface area contributed by atoms with Crippen molar-refractivity contribution in [2.45, 2.75) is 30.1 Å². The third-order valence-electron chi connectivity index (χ3n) is 3.14. The van der Waals surface area contributed by atoms with Crippen molar-refractivity contribution in [2.24, 2.45) is 0 Å². The van der Waals surface area contributed by atoms with Gasteiger partial charge in [-0.1, -0.05) is 27.7 Å². The van der Waals surface area contributed by atoms with Crippen LogP contribution in [0.5, 0.6) is 0 Å². The van der Waals surface area contributed by atoms with Crippen molar-refractivity contribution >= 4 is 27.7 Å². The van der Waals surface area contributed by atoms with Gasteiger partial charge in [0.1, 0.15) is 5.03 Å². The van der Waals surface area contributed by atoms with E-state index in [0.29, 0.717) is 0 Å². The molecule has 5 heteroatoms. The first-order valence-corrected chi connectivity index (χ1v) is 8.13. The van der Waals surface area contributed by atoms with Crippen LogP contribution >= 0.6 is 27.7 Å². The van der Waals surface area contributed by atoms with Gasteiger partial charge >= 0.3 is 0 Å². The molecule has 2 rings (SSSR count). The first-order valence-electron chi connectivity index (χ1n) is 6.52. The minimum atomic E-state index is -0.369. The smallest absolute Gasteiger partial charge is 0.184 e.